The van der Waals surface area contributed by atoms with Crippen molar-refractivity contribution in [1.29, 1.82) is 0 Å². The number of phenolic OH excluding ortho intramolecular Hbond substituents is 1. The zero-order chi connectivity index (χ0) is 14.0. The van der Waals surface area contributed by atoms with Gasteiger partial charge >= 0.3 is 0 Å². The summed E-state index contributed by atoms with van der Waals surface area (Å²) >= 11 is 5.75. The van der Waals surface area contributed by atoms with Gasteiger partial charge in [0.25, 0.3) is 5.91 Å². The number of aryl methyl sites for hydroxylation is 1. The third-order valence-electron chi connectivity index (χ3n) is 2.57. The Labute approximate surface area is 115 Å². The van der Waals surface area contributed by atoms with E-state index in [2.05, 4.69) is 10.3 Å². The molecule has 1 amide bonds. The Hall–Kier alpha value is -2.01. The Balaban J connectivity index is 2.10. The molecule has 6 heteroatoms. The predicted octanol–water partition coefficient (Wildman–Crippen LogP) is 2.83. The number of nitrogens with zero attached hydrogens (tertiary/aromatic N) is 1. The van der Waals surface area contributed by atoms with E-state index in [-0.39, 0.29) is 22.7 Å². The topological polar surface area (TPSA) is 75.4 Å². The van der Waals surface area contributed by atoms with Crippen molar-refractivity contribution in [3.05, 3.63) is 46.6 Å². The Morgan fingerprint density at radius 3 is 2.84 bits per heavy atom. The minimum absolute atomic E-state index is 0.0606. The van der Waals surface area contributed by atoms with Crippen LogP contribution in [0, 0.1) is 6.92 Å². The Morgan fingerprint density at radius 2 is 2.26 bits per heavy atom. The lowest BCUT2D eigenvalue weighted by atomic mass is 10.2. The first-order valence-corrected chi connectivity index (χ1v) is 6.07. The number of phenols is 1. The lowest BCUT2D eigenvalue weighted by molar-refractivity contribution is 0.0934. The highest BCUT2D eigenvalue weighted by molar-refractivity contribution is 6.32. The van der Waals surface area contributed by atoms with Crippen molar-refractivity contribution in [2.45, 2.75) is 19.9 Å². The van der Waals surface area contributed by atoms with E-state index in [0.29, 0.717) is 17.2 Å². The fourth-order valence-corrected chi connectivity index (χ4v) is 1.74. The lowest BCUT2D eigenvalue weighted by Gasteiger charge is -2.10. The van der Waals surface area contributed by atoms with Crippen LogP contribution in [0.4, 0.5) is 0 Å². The van der Waals surface area contributed by atoms with E-state index >= 15 is 0 Å². The molecule has 0 bridgehead atoms. The molecule has 5 nitrogen and oxygen atoms in total. The minimum atomic E-state index is -0.353. The highest BCUT2D eigenvalue weighted by atomic mass is 35.5. The lowest BCUT2D eigenvalue weighted by Crippen LogP contribution is -2.26. The first kappa shape index (κ1) is 13.4. The molecule has 0 aliphatic rings. The summed E-state index contributed by atoms with van der Waals surface area (Å²) in [6.45, 7) is 3.55. The summed E-state index contributed by atoms with van der Waals surface area (Å²) in [7, 11) is 0. The highest BCUT2D eigenvalue weighted by Gasteiger charge is 2.16. The van der Waals surface area contributed by atoms with Crippen LogP contribution in [0.25, 0.3) is 0 Å². The van der Waals surface area contributed by atoms with Crippen LogP contribution in [-0.4, -0.2) is 16.0 Å². The summed E-state index contributed by atoms with van der Waals surface area (Å²) in [6, 6.07) is 3.91. The number of halogens is 1. The van der Waals surface area contributed by atoms with Crippen molar-refractivity contribution < 1.29 is 14.3 Å². The normalized spacial score (nSPS) is 12.2. The van der Waals surface area contributed by atoms with Crippen molar-refractivity contribution in [1.82, 2.24) is 10.3 Å². The van der Waals surface area contributed by atoms with Gasteiger partial charge in [-0.25, -0.2) is 4.98 Å². The van der Waals surface area contributed by atoms with Gasteiger partial charge in [0, 0.05) is 5.56 Å². The number of aromatic nitrogens is 1. The molecule has 2 rings (SSSR count). The van der Waals surface area contributed by atoms with Gasteiger partial charge in [0.1, 0.15) is 17.6 Å². The number of hydrogen-bond donors (Lipinski definition) is 2. The third-order valence-corrected chi connectivity index (χ3v) is 2.87. The van der Waals surface area contributed by atoms with Crippen LogP contribution in [0.3, 0.4) is 0 Å². The summed E-state index contributed by atoms with van der Waals surface area (Å²) in [4.78, 5) is 16.0. The summed E-state index contributed by atoms with van der Waals surface area (Å²) in [5.74, 6) is 0.749. The highest BCUT2D eigenvalue weighted by Crippen LogP contribution is 2.24. The van der Waals surface area contributed by atoms with E-state index in [4.69, 9.17) is 16.0 Å². The molecular formula is C13H13ClN2O3. The summed E-state index contributed by atoms with van der Waals surface area (Å²) in [5.41, 5.74) is 0.359. The molecule has 0 fully saturated rings. The Morgan fingerprint density at radius 1 is 1.53 bits per heavy atom. The molecular weight excluding hydrogens is 268 g/mol. The van der Waals surface area contributed by atoms with E-state index in [1.165, 1.54) is 18.2 Å². The molecule has 0 aliphatic heterocycles. The van der Waals surface area contributed by atoms with E-state index in [1.807, 2.05) is 0 Å². The number of rotatable bonds is 3. The summed E-state index contributed by atoms with van der Waals surface area (Å²) < 4.78 is 5.33. The fraction of sp³-hybridized carbons (Fsp3) is 0.231. The van der Waals surface area contributed by atoms with Gasteiger partial charge in [-0.05, 0) is 32.0 Å². The van der Waals surface area contributed by atoms with Crippen LogP contribution in [0.15, 0.2) is 28.8 Å². The number of hydrogen-bond acceptors (Lipinski definition) is 4. The Kier molecular flexibility index (Phi) is 3.76. The first-order chi connectivity index (χ1) is 8.97. The molecule has 2 aromatic rings. The van der Waals surface area contributed by atoms with Gasteiger partial charge in [-0.2, -0.15) is 0 Å². The number of oxazole rings is 1. The van der Waals surface area contributed by atoms with Crippen LogP contribution >= 0.6 is 11.6 Å². The molecule has 1 atom stereocenters. The van der Waals surface area contributed by atoms with Crippen molar-refractivity contribution >= 4 is 17.5 Å². The van der Waals surface area contributed by atoms with E-state index in [1.54, 1.807) is 20.0 Å². The fourth-order valence-electron chi connectivity index (χ4n) is 1.56. The van der Waals surface area contributed by atoms with E-state index in [9.17, 15) is 9.90 Å². The van der Waals surface area contributed by atoms with Crippen molar-refractivity contribution in [2.24, 2.45) is 0 Å². The minimum Gasteiger partial charge on any atom is -0.506 e. The molecule has 2 N–H and O–H groups in total. The molecule has 0 radical (unpaired) electrons. The molecule has 1 aromatic carbocycles. The number of amides is 1. The quantitative estimate of drug-likeness (QED) is 0.906. The maximum absolute atomic E-state index is 12.0. The summed E-state index contributed by atoms with van der Waals surface area (Å²) in [6.07, 6.45) is 1.59. The average molecular weight is 281 g/mol. The second kappa shape index (κ2) is 5.32. The van der Waals surface area contributed by atoms with Crippen molar-refractivity contribution in [3.63, 3.8) is 0 Å². The monoisotopic (exact) mass is 280 g/mol. The van der Waals surface area contributed by atoms with E-state index < -0.39 is 0 Å². The molecule has 0 aliphatic carbocycles. The van der Waals surface area contributed by atoms with Crippen LogP contribution in [0.5, 0.6) is 5.75 Å². The number of nitrogens with one attached hydrogen (secondary N) is 1. The van der Waals surface area contributed by atoms with Crippen molar-refractivity contribution in [2.75, 3.05) is 0 Å². The molecule has 0 saturated heterocycles. The number of aromatic hydroxyl groups is 1. The second-order valence-corrected chi connectivity index (χ2v) is 4.58. The number of benzene rings is 1. The van der Waals surface area contributed by atoms with Gasteiger partial charge in [-0.3, -0.25) is 4.79 Å². The van der Waals surface area contributed by atoms with Gasteiger partial charge in [0.05, 0.1) is 11.2 Å². The van der Waals surface area contributed by atoms with Gasteiger partial charge < -0.3 is 14.8 Å². The summed E-state index contributed by atoms with van der Waals surface area (Å²) in [5, 5.41) is 12.2. The smallest absolute Gasteiger partial charge is 0.251 e. The molecule has 0 spiro atoms. The molecule has 1 heterocycles. The van der Waals surface area contributed by atoms with E-state index in [0.717, 1.165) is 0 Å². The predicted molar refractivity (Wildman–Crippen MR) is 70.2 cm³/mol. The SMILES string of the molecule is Cc1cnc(C(C)NC(=O)c2ccc(O)c(Cl)c2)o1. The zero-order valence-corrected chi connectivity index (χ0v) is 11.2. The largest absolute Gasteiger partial charge is 0.506 e. The molecule has 100 valence electrons. The number of carbonyl (C=O) groups excluding carboxylic acids is 1. The average Bonchev–Trinajstić information content (AvgIpc) is 2.79. The second-order valence-electron chi connectivity index (χ2n) is 4.17. The molecule has 19 heavy (non-hydrogen) atoms. The first-order valence-electron chi connectivity index (χ1n) is 5.69. The van der Waals surface area contributed by atoms with Gasteiger partial charge in [0.15, 0.2) is 0 Å². The van der Waals surface area contributed by atoms with Crippen LogP contribution in [0.2, 0.25) is 5.02 Å². The van der Waals surface area contributed by atoms with Crippen LogP contribution in [0.1, 0.15) is 35.0 Å². The van der Waals surface area contributed by atoms with Gasteiger partial charge in [-0.1, -0.05) is 11.6 Å². The Bertz CT molecular complexity index is 610. The van der Waals surface area contributed by atoms with Crippen LogP contribution < -0.4 is 5.32 Å². The molecule has 0 saturated carbocycles. The molecule has 1 aromatic heterocycles. The maximum atomic E-state index is 12.0. The maximum Gasteiger partial charge on any atom is 0.251 e. The van der Waals surface area contributed by atoms with Crippen molar-refractivity contribution in [3.8, 4) is 5.75 Å². The van der Waals surface area contributed by atoms with Gasteiger partial charge in [-0.15, -0.1) is 0 Å². The zero-order valence-electron chi connectivity index (χ0n) is 10.5. The molecule has 1 unspecified atom stereocenters. The van der Waals surface area contributed by atoms with Gasteiger partial charge in [0.2, 0.25) is 5.89 Å². The number of carbonyl (C=O) groups is 1. The third kappa shape index (κ3) is 3.06. The van der Waals surface area contributed by atoms with Crippen LogP contribution in [-0.2, 0) is 0 Å². The standard InChI is InChI=1S/C13H13ClN2O3/c1-7-6-15-13(19-7)8(2)16-12(18)9-3-4-11(17)10(14)5-9/h3-6,8,17H,1-2H3,(H,16,18).